The van der Waals surface area contributed by atoms with Crippen molar-refractivity contribution in [2.75, 3.05) is 11.9 Å². The minimum absolute atomic E-state index is 0.253. The van der Waals surface area contributed by atoms with Crippen LogP contribution >= 0.6 is 0 Å². The number of amides is 1. The van der Waals surface area contributed by atoms with E-state index in [4.69, 9.17) is 6.57 Å². The molecule has 2 heterocycles. The highest BCUT2D eigenvalue weighted by Gasteiger charge is 2.30. The Bertz CT molecular complexity index is 1300. The molecule has 0 N–H and O–H groups in total. The van der Waals surface area contributed by atoms with Crippen LogP contribution in [-0.4, -0.2) is 22.6 Å². The summed E-state index contributed by atoms with van der Waals surface area (Å²) in [6.07, 6.45) is -1.14. The van der Waals surface area contributed by atoms with E-state index in [1.165, 1.54) is 17.0 Å². The molecule has 8 heteroatoms. The second kappa shape index (κ2) is 7.61. The average Bonchev–Trinajstić information content (AvgIpc) is 3.21. The summed E-state index contributed by atoms with van der Waals surface area (Å²) in [5.41, 5.74) is 2.65. The van der Waals surface area contributed by atoms with Crippen LogP contribution in [0.5, 0.6) is 0 Å². The number of halogens is 3. The minimum atomic E-state index is -4.40. The van der Waals surface area contributed by atoms with Crippen molar-refractivity contribution in [2.45, 2.75) is 6.18 Å². The van der Waals surface area contributed by atoms with Crippen molar-refractivity contribution in [3.05, 3.63) is 95.6 Å². The Labute approximate surface area is 175 Å². The molecule has 0 atom stereocenters. The van der Waals surface area contributed by atoms with Crippen LogP contribution in [0.2, 0.25) is 0 Å². The van der Waals surface area contributed by atoms with E-state index < -0.39 is 11.7 Å². The number of benzene rings is 2. The Morgan fingerprint density at radius 3 is 2.35 bits per heavy atom. The van der Waals surface area contributed by atoms with Crippen LogP contribution in [0, 0.1) is 6.57 Å². The van der Waals surface area contributed by atoms with Crippen molar-refractivity contribution in [3.8, 4) is 11.1 Å². The topological polar surface area (TPSA) is 42.0 Å². The van der Waals surface area contributed by atoms with Gasteiger partial charge < -0.3 is 4.90 Å². The molecular weight excluding hydrogens is 405 g/mol. The van der Waals surface area contributed by atoms with E-state index in [9.17, 15) is 18.0 Å². The molecule has 0 bridgehead atoms. The largest absolute Gasteiger partial charge is 0.416 e. The average molecular weight is 420 g/mol. The summed E-state index contributed by atoms with van der Waals surface area (Å²) in [6, 6.07) is 14.7. The molecule has 0 aliphatic carbocycles. The number of nitrogens with zero attached hydrogens (tertiary/aromatic N) is 4. The van der Waals surface area contributed by atoms with Gasteiger partial charge in [-0.3, -0.25) is 4.79 Å². The first-order chi connectivity index (χ1) is 14.8. The van der Waals surface area contributed by atoms with Crippen molar-refractivity contribution in [3.63, 3.8) is 0 Å². The zero-order valence-corrected chi connectivity index (χ0v) is 16.3. The predicted octanol–water partition coefficient (Wildman–Crippen LogP) is 5.85. The third-order valence-corrected chi connectivity index (χ3v) is 4.96. The molecule has 31 heavy (non-hydrogen) atoms. The summed E-state index contributed by atoms with van der Waals surface area (Å²) >= 11 is 0. The van der Waals surface area contributed by atoms with Crippen LogP contribution in [0.3, 0.4) is 0 Å². The number of aromatic nitrogens is 2. The smallest absolute Gasteiger partial charge is 0.311 e. The van der Waals surface area contributed by atoms with Gasteiger partial charge in [-0.15, -0.1) is 0 Å². The molecule has 0 radical (unpaired) electrons. The lowest BCUT2D eigenvalue weighted by molar-refractivity contribution is -0.137. The van der Waals surface area contributed by atoms with Gasteiger partial charge in [0.2, 0.25) is 0 Å². The van der Waals surface area contributed by atoms with E-state index in [0.29, 0.717) is 33.6 Å². The van der Waals surface area contributed by atoms with Crippen LogP contribution in [-0.2, 0) is 6.18 Å². The van der Waals surface area contributed by atoms with Crippen LogP contribution in [0.1, 0.15) is 15.9 Å². The van der Waals surface area contributed by atoms with Crippen LogP contribution in [0.15, 0.2) is 73.1 Å². The first-order valence-corrected chi connectivity index (χ1v) is 9.18. The van der Waals surface area contributed by atoms with Crippen LogP contribution < -0.4 is 4.90 Å². The normalized spacial score (nSPS) is 11.3. The second-order valence-electron chi connectivity index (χ2n) is 6.87. The quantitative estimate of drug-likeness (QED) is 0.390. The summed E-state index contributed by atoms with van der Waals surface area (Å²) in [6.45, 7) is 7.00. The highest BCUT2D eigenvalue weighted by Crippen LogP contribution is 2.33. The molecule has 0 saturated carbocycles. The van der Waals surface area contributed by atoms with Gasteiger partial charge in [-0.1, -0.05) is 36.4 Å². The number of carbonyl (C=O) groups excluding carboxylic acids is 1. The highest BCUT2D eigenvalue weighted by atomic mass is 19.4. The summed E-state index contributed by atoms with van der Waals surface area (Å²) in [5, 5.41) is 4.25. The molecule has 0 aliphatic rings. The van der Waals surface area contributed by atoms with Gasteiger partial charge in [0.15, 0.2) is 5.69 Å². The number of hydrogen-bond acceptors (Lipinski definition) is 2. The fraction of sp³-hybridized carbons (Fsp3) is 0.0870. The lowest BCUT2D eigenvalue weighted by atomic mass is 10.0. The van der Waals surface area contributed by atoms with Crippen LogP contribution in [0.4, 0.5) is 24.5 Å². The summed E-state index contributed by atoms with van der Waals surface area (Å²) in [7, 11) is 1.63. The number of alkyl halides is 3. The molecule has 5 nitrogen and oxygen atoms in total. The second-order valence-corrected chi connectivity index (χ2v) is 6.87. The molecule has 0 fully saturated rings. The Balaban J connectivity index is 1.67. The van der Waals surface area contributed by atoms with E-state index in [2.05, 4.69) is 9.94 Å². The first-order valence-electron chi connectivity index (χ1n) is 9.18. The SMILES string of the molecule is [C-]#[N+]c1ccc(C(=O)N(C)c2ccn3ncc(-c4ccc(C(F)(F)F)cc4)c3c2)cc1. The molecule has 2 aromatic heterocycles. The summed E-state index contributed by atoms with van der Waals surface area (Å²) in [4.78, 5) is 17.6. The van der Waals surface area contributed by atoms with Gasteiger partial charge in [-0.25, -0.2) is 9.36 Å². The van der Waals surface area contributed by atoms with E-state index in [0.717, 1.165) is 12.1 Å². The molecule has 0 saturated heterocycles. The lowest BCUT2D eigenvalue weighted by Crippen LogP contribution is -2.26. The number of pyridine rings is 1. The predicted molar refractivity (Wildman–Crippen MR) is 111 cm³/mol. The molecule has 4 rings (SSSR count). The molecule has 1 amide bonds. The number of anilines is 1. The number of rotatable bonds is 3. The van der Waals surface area contributed by atoms with E-state index in [1.807, 2.05) is 0 Å². The fourth-order valence-corrected chi connectivity index (χ4v) is 3.23. The van der Waals surface area contributed by atoms with Crippen LogP contribution in [0.25, 0.3) is 21.5 Å². The van der Waals surface area contributed by atoms with E-state index in [-0.39, 0.29) is 5.91 Å². The molecule has 0 unspecified atom stereocenters. The van der Waals surface area contributed by atoms with Gasteiger partial charge in [0.05, 0.1) is 23.8 Å². The third kappa shape index (κ3) is 3.85. The third-order valence-electron chi connectivity index (χ3n) is 4.96. The van der Waals surface area contributed by atoms with Crippen molar-refractivity contribution >= 4 is 22.8 Å². The first kappa shape index (κ1) is 20.2. The zero-order chi connectivity index (χ0) is 22.2. The molecule has 154 valence electrons. The van der Waals surface area contributed by atoms with Crippen molar-refractivity contribution in [2.24, 2.45) is 0 Å². The van der Waals surface area contributed by atoms with Gasteiger partial charge in [-0.05, 0) is 29.8 Å². The van der Waals surface area contributed by atoms with Gasteiger partial charge in [0.25, 0.3) is 5.91 Å². The van der Waals surface area contributed by atoms with Crippen molar-refractivity contribution in [1.29, 1.82) is 0 Å². The molecule has 2 aromatic carbocycles. The Morgan fingerprint density at radius 1 is 1.06 bits per heavy atom. The van der Waals surface area contributed by atoms with Crippen molar-refractivity contribution < 1.29 is 18.0 Å². The maximum absolute atomic E-state index is 12.8. The van der Waals surface area contributed by atoms with Gasteiger partial charge in [0, 0.05) is 30.1 Å². The molecule has 4 aromatic rings. The highest BCUT2D eigenvalue weighted by molar-refractivity contribution is 6.06. The maximum Gasteiger partial charge on any atom is 0.416 e. The Kier molecular flexibility index (Phi) is 4.95. The van der Waals surface area contributed by atoms with Crippen molar-refractivity contribution in [1.82, 2.24) is 9.61 Å². The lowest BCUT2D eigenvalue weighted by Gasteiger charge is -2.18. The maximum atomic E-state index is 12.8. The zero-order valence-electron chi connectivity index (χ0n) is 16.3. The van der Waals surface area contributed by atoms with Gasteiger partial charge in [0.1, 0.15) is 0 Å². The molecular formula is C23H15F3N4O. The summed E-state index contributed by atoms with van der Waals surface area (Å²) in [5.74, 6) is -0.253. The Morgan fingerprint density at radius 2 is 1.74 bits per heavy atom. The minimum Gasteiger partial charge on any atom is -0.311 e. The number of hydrogen-bond donors (Lipinski definition) is 0. The monoisotopic (exact) mass is 420 g/mol. The molecule has 0 spiro atoms. The fourth-order valence-electron chi connectivity index (χ4n) is 3.23. The summed E-state index contributed by atoms with van der Waals surface area (Å²) < 4.78 is 40.1. The van der Waals surface area contributed by atoms with E-state index in [1.54, 1.807) is 60.4 Å². The van der Waals surface area contributed by atoms with Gasteiger partial charge in [-0.2, -0.15) is 18.3 Å². The Hall–Kier alpha value is -4.12. The van der Waals surface area contributed by atoms with E-state index >= 15 is 0 Å². The standard InChI is InChI=1S/C23H15F3N4O/c1-27-18-9-5-16(6-10-18)22(31)29(2)19-11-12-30-21(13-19)20(14-28-30)15-3-7-17(8-4-15)23(24,25)26/h3-14H,2H3. The molecule has 0 aliphatic heterocycles. The number of carbonyl (C=O) groups is 1. The van der Waals surface area contributed by atoms with Gasteiger partial charge >= 0.3 is 6.18 Å². The number of fused-ring (bicyclic) bond motifs is 1.